The largest absolute Gasteiger partial charge is 0.493 e. The van der Waals surface area contributed by atoms with Crippen LogP contribution in [0.5, 0.6) is 11.5 Å². The summed E-state index contributed by atoms with van der Waals surface area (Å²) in [5.41, 5.74) is 5.75. The first-order valence-corrected chi connectivity index (χ1v) is 13.0. The molecule has 1 aliphatic rings. The van der Waals surface area contributed by atoms with Gasteiger partial charge < -0.3 is 24.7 Å². The van der Waals surface area contributed by atoms with Crippen molar-refractivity contribution in [1.82, 2.24) is 19.7 Å². The minimum absolute atomic E-state index is 0.0294. The van der Waals surface area contributed by atoms with E-state index in [9.17, 15) is 9.59 Å². The zero-order chi connectivity index (χ0) is 27.5. The number of rotatable bonds is 7. The fourth-order valence-corrected chi connectivity index (χ4v) is 4.96. The molecule has 0 bridgehead atoms. The summed E-state index contributed by atoms with van der Waals surface area (Å²) in [4.78, 5) is 31.2. The molecule has 2 amide bonds. The number of carbonyl (C=O) groups excluding carboxylic acids is 2. The smallest absolute Gasteiger partial charge is 0.256 e. The molecule has 1 fully saturated rings. The van der Waals surface area contributed by atoms with Crippen molar-refractivity contribution in [3.63, 3.8) is 0 Å². The highest BCUT2D eigenvalue weighted by molar-refractivity contribution is 6.05. The van der Waals surface area contributed by atoms with Crippen LogP contribution < -0.4 is 14.8 Å². The van der Waals surface area contributed by atoms with Crippen molar-refractivity contribution >= 4 is 17.5 Å². The Labute approximate surface area is 227 Å². The van der Waals surface area contributed by atoms with E-state index >= 15 is 0 Å². The minimum atomic E-state index is -0.245. The van der Waals surface area contributed by atoms with E-state index in [2.05, 4.69) is 46.6 Å². The second-order valence-electron chi connectivity index (χ2n) is 9.88. The molecule has 0 unspecified atom stereocenters. The molecule has 0 saturated carbocycles. The maximum atomic E-state index is 13.1. The number of H-pyrrole nitrogens is 1. The molecule has 0 radical (unpaired) electrons. The molecule has 1 saturated heterocycles. The molecule has 4 aromatic rings. The number of hydrogen-bond acceptors (Lipinski definition) is 5. The number of methoxy groups -OCH3 is 2. The van der Waals surface area contributed by atoms with Crippen LogP contribution in [0.2, 0.25) is 0 Å². The summed E-state index contributed by atoms with van der Waals surface area (Å²) in [7, 11) is 3.10. The van der Waals surface area contributed by atoms with Crippen LogP contribution in [-0.4, -0.2) is 58.8 Å². The summed E-state index contributed by atoms with van der Waals surface area (Å²) in [6.45, 7) is 5.19. The molecule has 9 heteroatoms. The second kappa shape index (κ2) is 11.1. The first kappa shape index (κ1) is 26.1. The molecule has 39 heavy (non-hydrogen) atoms. The number of benzene rings is 2. The summed E-state index contributed by atoms with van der Waals surface area (Å²) in [6, 6.07) is 13.8. The van der Waals surface area contributed by atoms with Crippen LogP contribution in [0.4, 0.5) is 5.69 Å². The Kier molecular flexibility index (Phi) is 7.40. The summed E-state index contributed by atoms with van der Waals surface area (Å²) in [5.74, 6) is 0.857. The average molecular weight is 528 g/mol. The number of nitrogens with zero attached hydrogens (tertiary/aromatic N) is 3. The molecule has 3 heterocycles. The Morgan fingerprint density at radius 3 is 2.38 bits per heavy atom. The van der Waals surface area contributed by atoms with E-state index in [1.165, 1.54) is 5.56 Å². The molecule has 2 aromatic carbocycles. The molecule has 0 aliphatic carbocycles. The molecule has 0 spiro atoms. The van der Waals surface area contributed by atoms with Crippen LogP contribution in [0.15, 0.2) is 61.1 Å². The van der Waals surface area contributed by atoms with Gasteiger partial charge in [0.1, 0.15) is 0 Å². The highest BCUT2D eigenvalue weighted by Crippen LogP contribution is 2.31. The van der Waals surface area contributed by atoms with Crippen molar-refractivity contribution in [1.29, 1.82) is 0 Å². The standard InChI is InChI=1S/C30H33N5O4/c1-19-5-7-21(8-6-19)26-14-22(16-31-26)30(37)34-11-9-24(10-12-34)35-18-23(17-32-35)33-29(36)25-15-28(39-4)27(38-3)13-20(25)2/h5-8,13-18,24,31H,9-12H2,1-4H3,(H,33,36). The maximum Gasteiger partial charge on any atom is 0.256 e. The van der Waals surface area contributed by atoms with Gasteiger partial charge in [0.25, 0.3) is 11.8 Å². The first-order chi connectivity index (χ1) is 18.9. The Bertz CT molecular complexity index is 1480. The highest BCUT2D eigenvalue weighted by atomic mass is 16.5. The topological polar surface area (TPSA) is 101 Å². The Balaban J connectivity index is 1.18. The fourth-order valence-electron chi connectivity index (χ4n) is 4.96. The highest BCUT2D eigenvalue weighted by Gasteiger charge is 2.26. The third-order valence-electron chi connectivity index (χ3n) is 7.25. The van der Waals surface area contributed by atoms with Crippen LogP contribution in [0.1, 0.15) is 50.7 Å². The second-order valence-corrected chi connectivity index (χ2v) is 9.88. The van der Waals surface area contributed by atoms with Gasteiger partial charge in [0.05, 0.1) is 37.7 Å². The number of nitrogens with one attached hydrogen (secondary N) is 2. The van der Waals surface area contributed by atoms with Crippen molar-refractivity contribution in [3.8, 4) is 22.8 Å². The summed E-state index contributed by atoms with van der Waals surface area (Å²) >= 11 is 0. The van der Waals surface area contributed by atoms with E-state index in [-0.39, 0.29) is 17.9 Å². The third kappa shape index (κ3) is 5.52. The van der Waals surface area contributed by atoms with Crippen molar-refractivity contribution < 1.29 is 19.1 Å². The molecule has 5 rings (SSSR count). The lowest BCUT2D eigenvalue weighted by atomic mass is 10.0. The van der Waals surface area contributed by atoms with Gasteiger partial charge >= 0.3 is 0 Å². The molecule has 0 atom stereocenters. The average Bonchev–Trinajstić information content (AvgIpc) is 3.63. The number of piperidine rings is 1. The van der Waals surface area contributed by atoms with Crippen LogP contribution in [-0.2, 0) is 0 Å². The Morgan fingerprint density at radius 2 is 1.69 bits per heavy atom. The van der Waals surface area contributed by atoms with E-state index in [0.29, 0.717) is 41.4 Å². The van der Waals surface area contributed by atoms with Gasteiger partial charge in [-0.25, -0.2) is 0 Å². The Hall–Kier alpha value is -4.53. The number of hydrogen-bond donors (Lipinski definition) is 2. The summed E-state index contributed by atoms with van der Waals surface area (Å²) in [6.07, 6.45) is 6.84. The molecule has 9 nitrogen and oxygen atoms in total. The van der Waals surface area contributed by atoms with E-state index in [1.807, 2.05) is 28.8 Å². The predicted octanol–water partition coefficient (Wildman–Crippen LogP) is 5.24. The lowest BCUT2D eigenvalue weighted by Gasteiger charge is -2.32. The first-order valence-electron chi connectivity index (χ1n) is 13.0. The zero-order valence-corrected chi connectivity index (χ0v) is 22.7. The lowest BCUT2D eigenvalue weighted by molar-refractivity contribution is 0.0690. The number of ether oxygens (including phenoxy) is 2. The predicted molar refractivity (Wildman–Crippen MR) is 150 cm³/mol. The number of aromatic nitrogens is 3. The third-order valence-corrected chi connectivity index (χ3v) is 7.25. The van der Waals surface area contributed by atoms with Gasteiger partial charge in [-0.3, -0.25) is 14.3 Å². The SMILES string of the molecule is COc1cc(C)c(C(=O)Nc2cnn(C3CCN(C(=O)c4c[nH]c(-c5ccc(C)cc5)c4)CC3)c2)cc1OC. The number of aromatic amines is 1. The van der Waals surface area contributed by atoms with Gasteiger partial charge in [-0.2, -0.15) is 5.10 Å². The van der Waals surface area contributed by atoms with Crippen molar-refractivity contribution in [2.75, 3.05) is 32.6 Å². The quantitative estimate of drug-likeness (QED) is 0.342. The van der Waals surface area contributed by atoms with E-state index in [1.54, 1.807) is 38.7 Å². The van der Waals surface area contributed by atoms with Gasteiger partial charge in [0.15, 0.2) is 11.5 Å². The zero-order valence-electron chi connectivity index (χ0n) is 22.7. The number of amides is 2. The summed E-state index contributed by atoms with van der Waals surface area (Å²) < 4.78 is 12.5. The van der Waals surface area contributed by atoms with Crippen molar-refractivity contribution in [3.05, 3.63) is 83.3 Å². The molecule has 202 valence electrons. The van der Waals surface area contributed by atoms with Gasteiger partial charge in [-0.15, -0.1) is 0 Å². The van der Waals surface area contributed by atoms with Crippen LogP contribution in [0.25, 0.3) is 11.3 Å². The Morgan fingerprint density at radius 1 is 1.00 bits per heavy atom. The number of aryl methyl sites for hydroxylation is 2. The number of carbonyl (C=O) groups is 2. The van der Waals surface area contributed by atoms with Crippen molar-refractivity contribution in [2.24, 2.45) is 0 Å². The molecular weight excluding hydrogens is 494 g/mol. The minimum Gasteiger partial charge on any atom is -0.493 e. The molecular formula is C30H33N5O4. The van der Waals surface area contributed by atoms with Crippen LogP contribution >= 0.6 is 0 Å². The van der Waals surface area contributed by atoms with Crippen molar-refractivity contribution in [2.45, 2.75) is 32.7 Å². The summed E-state index contributed by atoms with van der Waals surface area (Å²) in [5, 5.41) is 7.42. The normalized spacial score (nSPS) is 13.8. The number of anilines is 1. The van der Waals surface area contributed by atoms with Gasteiger partial charge in [0, 0.05) is 36.7 Å². The van der Waals surface area contributed by atoms with Gasteiger partial charge in [0.2, 0.25) is 0 Å². The lowest BCUT2D eigenvalue weighted by Crippen LogP contribution is -2.39. The number of likely N-dealkylation sites (tertiary alicyclic amines) is 1. The molecule has 2 N–H and O–H groups in total. The monoisotopic (exact) mass is 527 g/mol. The fraction of sp³-hybridized carbons (Fsp3) is 0.300. The van der Waals surface area contributed by atoms with E-state index in [4.69, 9.17) is 9.47 Å². The molecule has 1 aliphatic heterocycles. The maximum absolute atomic E-state index is 13.1. The van der Waals surface area contributed by atoms with Crippen LogP contribution in [0.3, 0.4) is 0 Å². The molecule has 2 aromatic heterocycles. The van der Waals surface area contributed by atoms with Gasteiger partial charge in [-0.1, -0.05) is 29.8 Å². The van der Waals surface area contributed by atoms with E-state index in [0.717, 1.165) is 29.7 Å². The van der Waals surface area contributed by atoms with Gasteiger partial charge in [-0.05, 0) is 56.0 Å². The van der Waals surface area contributed by atoms with E-state index < -0.39 is 0 Å². The van der Waals surface area contributed by atoms with Crippen LogP contribution in [0, 0.1) is 13.8 Å².